The summed E-state index contributed by atoms with van der Waals surface area (Å²) in [5.41, 5.74) is 2.78. The van der Waals surface area contributed by atoms with Crippen molar-refractivity contribution in [2.45, 2.75) is 105 Å². The minimum atomic E-state index is -0.148. The summed E-state index contributed by atoms with van der Waals surface area (Å²) in [6.07, 6.45) is 11.7. The fourth-order valence-corrected chi connectivity index (χ4v) is 7.25. The van der Waals surface area contributed by atoms with Crippen molar-refractivity contribution in [3.63, 3.8) is 0 Å². The Labute approximate surface area is 441 Å². The van der Waals surface area contributed by atoms with Gasteiger partial charge in [0.15, 0.2) is 0 Å². The van der Waals surface area contributed by atoms with Gasteiger partial charge in [0.05, 0.1) is 66.6 Å². The number of alkyl halides is 4. The van der Waals surface area contributed by atoms with Gasteiger partial charge in [0.25, 0.3) is 11.1 Å². The van der Waals surface area contributed by atoms with Crippen molar-refractivity contribution in [1.82, 2.24) is 19.1 Å². The first-order valence-corrected chi connectivity index (χ1v) is 25.4. The van der Waals surface area contributed by atoms with E-state index in [0.29, 0.717) is 33.1 Å². The summed E-state index contributed by atoms with van der Waals surface area (Å²) in [5.74, 6) is 2.47. The molecule has 0 spiro atoms. The van der Waals surface area contributed by atoms with Gasteiger partial charge >= 0.3 is 11.9 Å². The quantitative estimate of drug-likeness (QED) is 0.0855. The number of hydrogen-bond donors (Lipinski definition) is 1. The van der Waals surface area contributed by atoms with E-state index in [-0.39, 0.29) is 72.7 Å². The Hall–Kier alpha value is -1.24. The number of hydrogen-bond acceptors (Lipinski definition) is 10. The summed E-state index contributed by atoms with van der Waals surface area (Å²) in [4.78, 5) is 55.3. The van der Waals surface area contributed by atoms with Crippen LogP contribution >= 0.6 is 90.4 Å². The molecule has 17 heteroatoms. The number of benzene rings is 2. The van der Waals surface area contributed by atoms with Crippen molar-refractivity contribution < 1.29 is 47.5 Å². The van der Waals surface area contributed by atoms with Gasteiger partial charge < -0.3 is 35.9 Å². The van der Waals surface area contributed by atoms with Crippen LogP contribution in [-0.4, -0.2) is 60.3 Å². The Bertz CT molecular complexity index is 2140. The van der Waals surface area contributed by atoms with Crippen LogP contribution < -0.4 is 15.9 Å². The van der Waals surface area contributed by atoms with Gasteiger partial charge in [-0.2, -0.15) is 0 Å². The second kappa shape index (κ2) is 30.2. The van der Waals surface area contributed by atoms with Crippen LogP contribution in [-0.2, 0) is 51.7 Å². The maximum Gasteiger partial charge on any atom is 0.308 e. The van der Waals surface area contributed by atoms with Crippen molar-refractivity contribution in [2.75, 3.05) is 18.6 Å². The molecule has 4 aromatic rings. The van der Waals surface area contributed by atoms with Gasteiger partial charge in [0.1, 0.15) is 10.9 Å². The number of ether oxygens (including phenoxy) is 3. The Kier molecular flexibility index (Phi) is 29.6. The van der Waals surface area contributed by atoms with Crippen LogP contribution in [0.2, 0.25) is 0 Å². The fourth-order valence-electron chi connectivity index (χ4n) is 7.25. The number of aryl methyl sites for hydroxylation is 4. The zero-order chi connectivity index (χ0) is 46.2. The molecule has 1 N–H and O–H groups in total. The zero-order valence-electron chi connectivity index (χ0n) is 38.8. The molecular weight excluding hydrogens is 1300 g/mol. The molecule has 353 valence electrons. The molecule has 12 nitrogen and oxygen atoms in total. The number of carbonyl (C=O) groups is 2. The van der Waals surface area contributed by atoms with Crippen molar-refractivity contribution in [2.24, 2.45) is 43.7 Å². The normalized spacial score (nSPS) is 18.8. The number of phenols is 1. The minimum Gasteiger partial charge on any atom is -0.508 e. The Morgan fingerprint density at radius 1 is 0.778 bits per heavy atom. The molecule has 2 saturated carbocycles. The van der Waals surface area contributed by atoms with Gasteiger partial charge in [0.2, 0.25) is 0 Å². The number of carbonyl (C=O) groups excluding carboxylic acids is 2. The monoisotopic (exact) mass is 1360 g/mol. The number of aromatic nitrogens is 4. The maximum atomic E-state index is 12.3. The number of rotatable bonds is 6. The summed E-state index contributed by atoms with van der Waals surface area (Å²) >= 11 is 9.34. The van der Waals surface area contributed by atoms with Crippen LogP contribution in [0.3, 0.4) is 0 Å². The number of aromatic hydroxyl groups is 1. The van der Waals surface area contributed by atoms with Gasteiger partial charge in [-0.1, -0.05) is 131 Å². The molecule has 2 aromatic heterocycles. The largest absolute Gasteiger partial charge is 0.508 e. The predicted molar refractivity (Wildman–Crippen MR) is 286 cm³/mol. The third-order valence-electron chi connectivity index (χ3n) is 11.1. The molecule has 1 radical (unpaired) electrons. The number of fused-ring (bicyclic) bond motifs is 2. The number of methoxy groups -OCH3 is 2. The van der Waals surface area contributed by atoms with E-state index in [4.69, 9.17) is 14.2 Å². The van der Waals surface area contributed by atoms with Crippen LogP contribution in [0.25, 0.3) is 21.8 Å². The Morgan fingerprint density at radius 3 is 1.54 bits per heavy atom. The second-order valence-electron chi connectivity index (χ2n) is 16.0. The van der Waals surface area contributed by atoms with Gasteiger partial charge in [-0.05, 0) is 117 Å². The standard InChI is InChI=1S/C20H26N2O4.C11H20O2.C10H10N2O2.C2H3I3.C2H5I.CH3.V/c1-12-9-17-16(19(23)22(3)11-21-17)10-18(12)26-15-7-5-14(6-8-15)13(2)20(24)25-4;1-8-4-6-10(7-5-8)9(2)11(12)13-3;1-6-3-8-7(4-9(6)13)10(14)12(2)5-11-8;1-2(3,4)5;1-2-3;;/h9-11,13-15H,5-8H2,1-4H3;8-10H,4-7H2,1-3H3;3-5,13H,1-2H3;1H3;2H2,1H3;1H3;/q;;;;;-1;. The average Bonchev–Trinajstić information content (AvgIpc) is 3.21. The van der Waals surface area contributed by atoms with Gasteiger partial charge in [-0.25, -0.2) is 9.97 Å². The molecule has 63 heavy (non-hydrogen) atoms. The van der Waals surface area contributed by atoms with E-state index >= 15 is 0 Å². The Morgan fingerprint density at radius 2 is 1.14 bits per heavy atom. The van der Waals surface area contributed by atoms with E-state index in [9.17, 15) is 24.3 Å². The first kappa shape index (κ1) is 61.8. The SMILES string of the molecule is CC(I)(I)I.CCI.COC(=O)C(C)C1CCC(C)CC1.COC(=O)C(C)C1CCC(Oc2cc3c(=O)n(C)cnc3cc2C)CC1.Cc1cc2ncn(C)c(=O)c2cc1O.[CH3-].[V]. The van der Waals surface area contributed by atoms with Crippen molar-refractivity contribution in [3.8, 4) is 11.5 Å². The molecule has 2 aliphatic rings. The third kappa shape index (κ3) is 20.7. The van der Waals surface area contributed by atoms with Gasteiger partial charge in [-0.15, -0.1) is 0 Å². The summed E-state index contributed by atoms with van der Waals surface area (Å²) in [7, 11) is 6.24. The van der Waals surface area contributed by atoms with Crippen LogP contribution in [0.4, 0.5) is 0 Å². The van der Waals surface area contributed by atoms with E-state index in [1.165, 1.54) is 72.2 Å². The Balaban J connectivity index is 0.000000884. The fraction of sp³-hybridized carbons (Fsp3) is 0.587. The molecule has 0 aliphatic heterocycles. The zero-order valence-corrected chi connectivity index (χ0v) is 48.9. The average molecular weight is 1360 g/mol. The summed E-state index contributed by atoms with van der Waals surface area (Å²) < 4.78 is 20.3. The second-order valence-corrected chi connectivity index (χ2v) is 30.1. The number of nitrogens with zero attached hydrogens (tertiary/aromatic N) is 4. The van der Waals surface area contributed by atoms with Crippen molar-refractivity contribution in [3.05, 3.63) is 76.2 Å². The molecule has 2 fully saturated rings. The third-order valence-corrected chi connectivity index (χ3v) is 11.1. The van der Waals surface area contributed by atoms with Crippen LogP contribution in [0.15, 0.2) is 46.5 Å². The minimum absolute atomic E-state index is 0. The molecule has 6 rings (SSSR count). The molecule has 2 atom stereocenters. The molecule has 0 bridgehead atoms. The number of phenolic OH excluding ortho intramolecular Hbond substituents is 1. The van der Waals surface area contributed by atoms with Crippen molar-refractivity contribution >= 4 is 124 Å². The first-order valence-electron chi connectivity index (χ1n) is 20.6. The molecular formula is C46H67I4N4O8V-. The number of halogens is 4. The predicted octanol–water partition coefficient (Wildman–Crippen LogP) is 11.4. The molecule has 0 saturated heterocycles. The van der Waals surface area contributed by atoms with E-state index in [1.54, 1.807) is 27.1 Å². The summed E-state index contributed by atoms with van der Waals surface area (Å²) in [6.45, 7) is 14.2. The summed E-state index contributed by atoms with van der Waals surface area (Å²) in [6, 6.07) is 6.87. The van der Waals surface area contributed by atoms with Gasteiger partial charge in [0, 0.05) is 32.7 Å². The van der Waals surface area contributed by atoms with Crippen molar-refractivity contribution in [1.29, 1.82) is 0 Å². The first-order chi connectivity index (χ1) is 28.6. The topological polar surface area (TPSA) is 152 Å². The van der Waals surface area contributed by atoms with Crippen LogP contribution in [0.1, 0.15) is 97.1 Å². The summed E-state index contributed by atoms with van der Waals surface area (Å²) in [5, 5.41) is 10.5. The molecule has 2 heterocycles. The molecule has 2 aromatic carbocycles. The molecule has 0 amide bonds. The van der Waals surface area contributed by atoms with E-state index in [2.05, 4.69) is 121 Å². The maximum absolute atomic E-state index is 12.3. The molecule has 2 unspecified atom stereocenters. The number of esters is 2. The smallest absolute Gasteiger partial charge is 0.308 e. The molecule has 2 aliphatic carbocycles. The van der Waals surface area contributed by atoms with E-state index in [0.717, 1.165) is 48.5 Å². The van der Waals surface area contributed by atoms with E-state index < -0.39 is 0 Å². The van der Waals surface area contributed by atoms with Crippen LogP contribution in [0.5, 0.6) is 11.5 Å². The van der Waals surface area contributed by atoms with Gasteiger partial charge in [-0.3, -0.25) is 19.2 Å². The van der Waals surface area contributed by atoms with Crippen LogP contribution in [0, 0.1) is 50.9 Å². The van der Waals surface area contributed by atoms with E-state index in [1.807, 2.05) is 32.9 Å².